The summed E-state index contributed by atoms with van der Waals surface area (Å²) in [5, 5.41) is 9.79. The van der Waals surface area contributed by atoms with Gasteiger partial charge in [-0.1, -0.05) is 19.9 Å². The van der Waals surface area contributed by atoms with Crippen molar-refractivity contribution in [3.8, 4) is 6.07 Å². The van der Waals surface area contributed by atoms with E-state index in [0.29, 0.717) is 12.3 Å². The van der Waals surface area contributed by atoms with Crippen LogP contribution >= 0.6 is 11.3 Å². The van der Waals surface area contributed by atoms with Crippen molar-refractivity contribution < 1.29 is 0 Å². The Bertz CT molecular complexity index is 520. The van der Waals surface area contributed by atoms with Gasteiger partial charge in [0.05, 0.1) is 27.7 Å². The molecule has 1 aromatic heterocycles. The maximum Gasteiger partial charge on any atom is 0.0963 e. The molecule has 2 nitrogen and oxygen atoms in total. The number of rotatable bonds is 2. The van der Waals surface area contributed by atoms with E-state index in [-0.39, 0.29) is 0 Å². The van der Waals surface area contributed by atoms with Crippen molar-refractivity contribution >= 4 is 21.6 Å². The van der Waals surface area contributed by atoms with Crippen LogP contribution in [0.15, 0.2) is 18.2 Å². The molecule has 0 unspecified atom stereocenters. The predicted octanol–water partition coefficient (Wildman–Crippen LogP) is 3.49. The Morgan fingerprint density at radius 1 is 1.47 bits per heavy atom. The van der Waals surface area contributed by atoms with Gasteiger partial charge in [0.15, 0.2) is 0 Å². The first-order valence-electron chi connectivity index (χ1n) is 4.97. The molecule has 0 aliphatic rings. The highest BCUT2D eigenvalue weighted by Crippen LogP contribution is 2.27. The standard InChI is InChI=1S/C12H12N2S/c1-8(2)12-14-10-4-3-9(5-6-13)7-11(10)15-12/h3-4,7-8H,5H2,1-2H3. The Kier molecular flexibility index (Phi) is 2.70. The zero-order chi connectivity index (χ0) is 10.8. The van der Waals surface area contributed by atoms with E-state index in [9.17, 15) is 0 Å². The topological polar surface area (TPSA) is 36.7 Å². The second kappa shape index (κ2) is 4.00. The summed E-state index contributed by atoms with van der Waals surface area (Å²) < 4.78 is 1.19. The molecule has 0 saturated heterocycles. The Morgan fingerprint density at radius 2 is 2.27 bits per heavy atom. The van der Waals surface area contributed by atoms with Gasteiger partial charge in [0, 0.05) is 5.92 Å². The van der Waals surface area contributed by atoms with E-state index in [1.165, 1.54) is 9.71 Å². The Hall–Kier alpha value is -1.40. The Morgan fingerprint density at radius 3 is 2.93 bits per heavy atom. The zero-order valence-electron chi connectivity index (χ0n) is 8.82. The van der Waals surface area contributed by atoms with Gasteiger partial charge in [0.2, 0.25) is 0 Å². The predicted molar refractivity (Wildman–Crippen MR) is 63.0 cm³/mol. The number of hydrogen-bond acceptors (Lipinski definition) is 3. The number of hydrogen-bond donors (Lipinski definition) is 0. The Labute approximate surface area is 93.2 Å². The fourth-order valence-corrected chi connectivity index (χ4v) is 2.47. The number of nitrogens with zero attached hydrogens (tertiary/aromatic N) is 2. The molecule has 0 radical (unpaired) electrons. The van der Waals surface area contributed by atoms with Crippen molar-refractivity contribution in [3.05, 3.63) is 28.8 Å². The quantitative estimate of drug-likeness (QED) is 0.770. The first-order chi connectivity index (χ1) is 7.20. The van der Waals surface area contributed by atoms with Gasteiger partial charge >= 0.3 is 0 Å². The zero-order valence-corrected chi connectivity index (χ0v) is 9.64. The summed E-state index contributed by atoms with van der Waals surface area (Å²) in [6.07, 6.45) is 0.477. The van der Waals surface area contributed by atoms with Gasteiger partial charge in [0.25, 0.3) is 0 Å². The van der Waals surface area contributed by atoms with E-state index in [1.54, 1.807) is 11.3 Å². The van der Waals surface area contributed by atoms with Crippen molar-refractivity contribution in [2.45, 2.75) is 26.2 Å². The third-order valence-electron chi connectivity index (χ3n) is 2.25. The molecule has 0 bridgehead atoms. The molecule has 0 spiro atoms. The number of thiazole rings is 1. The van der Waals surface area contributed by atoms with Crippen molar-refractivity contribution in [1.82, 2.24) is 4.98 Å². The fourth-order valence-electron chi connectivity index (χ4n) is 1.44. The van der Waals surface area contributed by atoms with Gasteiger partial charge in [-0.15, -0.1) is 11.3 Å². The van der Waals surface area contributed by atoms with Crippen LogP contribution in [0, 0.1) is 11.3 Å². The summed E-state index contributed by atoms with van der Waals surface area (Å²) in [5.74, 6) is 0.474. The summed E-state index contributed by atoms with van der Waals surface area (Å²) in [4.78, 5) is 4.55. The molecule has 76 valence electrons. The van der Waals surface area contributed by atoms with E-state index >= 15 is 0 Å². The fraction of sp³-hybridized carbons (Fsp3) is 0.333. The van der Waals surface area contributed by atoms with Crippen molar-refractivity contribution in [2.75, 3.05) is 0 Å². The lowest BCUT2D eigenvalue weighted by atomic mass is 10.1. The molecular formula is C12H12N2S. The van der Waals surface area contributed by atoms with E-state index in [1.807, 2.05) is 12.1 Å². The SMILES string of the molecule is CC(C)c1nc2ccc(CC#N)cc2s1. The molecule has 0 saturated carbocycles. The molecule has 3 heteroatoms. The molecule has 15 heavy (non-hydrogen) atoms. The van der Waals surface area contributed by atoms with Crippen molar-refractivity contribution in [1.29, 1.82) is 5.26 Å². The van der Waals surface area contributed by atoms with E-state index in [4.69, 9.17) is 5.26 Å². The van der Waals surface area contributed by atoms with Crippen molar-refractivity contribution in [2.24, 2.45) is 0 Å². The molecule has 0 aliphatic heterocycles. The van der Waals surface area contributed by atoms with Gasteiger partial charge < -0.3 is 0 Å². The van der Waals surface area contributed by atoms with Gasteiger partial charge in [0.1, 0.15) is 0 Å². The van der Waals surface area contributed by atoms with Crippen LogP contribution in [-0.4, -0.2) is 4.98 Å². The summed E-state index contributed by atoms with van der Waals surface area (Å²) in [5.41, 5.74) is 2.12. The maximum atomic E-state index is 8.62. The maximum absolute atomic E-state index is 8.62. The van der Waals surface area contributed by atoms with Gasteiger partial charge in [-0.2, -0.15) is 5.26 Å². The highest BCUT2D eigenvalue weighted by molar-refractivity contribution is 7.18. The third-order valence-corrected chi connectivity index (χ3v) is 3.57. The van der Waals surface area contributed by atoms with Crippen LogP contribution in [0.3, 0.4) is 0 Å². The van der Waals surface area contributed by atoms with E-state index in [0.717, 1.165) is 11.1 Å². The van der Waals surface area contributed by atoms with Crippen LogP contribution in [-0.2, 0) is 6.42 Å². The van der Waals surface area contributed by atoms with E-state index in [2.05, 4.69) is 31.0 Å². The summed E-state index contributed by atoms with van der Waals surface area (Å²) in [6.45, 7) is 4.29. The van der Waals surface area contributed by atoms with Crippen LogP contribution in [0.25, 0.3) is 10.2 Å². The van der Waals surface area contributed by atoms with Crippen LogP contribution in [0.1, 0.15) is 30.3 Å². The Balaban J connectivity index is 2.48. The second-order valence-corrected chi connectivity index (χ2v) is 4.91. The lowest BCUT2D eigenvalue weighted by Gasteiger charge is -1.94. The lowest BCUT2D eigenvalue weighted by Crippen LogP contribution is -1.83. The van der Waals surface area contributed by atoms with Gasteiger partial charge in [-0.05, 0) is 17.7 Å². The summed E-state index contributed by atoms with van der Waals surface area (Å²) in [7, 11) is 0. The van der Waals surface area contributed by atoms with Crippen LogP contribution in [0.2, 0.25) is 0 Å². The number of benzene rings is 1. The number of aromatic nitrogens is 1. The van der Waals surface area contributed by atoms with E-state index < -0.39 is 0 Å². The minimum atomic E-state index is 0.474. The molecule has 0 N–H and O–H groups in total. The molecule has 1 heterocycles. The number of fused-ring (bicyclic) bond motifs is 1. The van der Waals surface area contributed by atoms with Crippen LogP contribution < -0.4 is 0 Å². The molecule has 2 aromatic rings. The smallest absolute Gasteiger partial charge is 0.0963 e. The first kappa shape index (κ1) is 10.1. The van der Waals surface area contributed by atoms with Gasteiger partial charge in [-0.25, -0.2) is 4.98 Å². The second-order valence-electron chi connectivity index (χ2n) is 3.84. The average Bonchev–Trinajstić information content (AvgIpc) is 2.61. The normalized spacial score (nSPS) is 10.8. The minimum Gasteiger partial charge on any atom is -0.241 e. The highest BCUT2D eigenvalue weighted by atomic mass is 32.1. The largest absolute Gasteiger partial charge is 0.241 e. The lowest BCUT2D eigenvalue weighted by molar-refractivity contribution is 0.857. The highest BCUT2D eigenvalue weighted by Gasteiger charge is 2.07. The first-order valence-corrected chi connectivity index (χ1v) is 5.78. The summed E-state index contributed by atoms with van der Waals surface area (Å²) in [6, 6.07) is 8.22. The molecule has 2 rings (SSSR count). The average molecular weight is 216 g/mol. The molecule has 0 amide bonds. The van der Waals surface area contributed by atoms with Crippen LogP contribution in [0.5, 0.6) is 0 Å². The minimum absolute atomic E-state index is 0.474. The van der Waals surface area contributed by atoms with Gasteiger partial charge in [-0.3, -0.25) is 0 Å². The number of nitriles is 1. The van der Waals surface area contributed by atoms with Crippen LogP contribution in [0.4, 0.5) is 0 Å². The molecule has 0 aliphatic carbocycles. The third kappa shape index (κ3) is 2.00. The molecule has 0 fully saturated rings. The molecular weight excluding hydrogens is 204 g/mol. The molecule has 0 atom stereocenters. The molecule has 1 aromatic carbocycles. The monoisotopic (exact) mass is 216 g/mol. The summed E-state index contributed by atoms with van der Waals surface area (Å²) >= 11 is 1.72. The van der Waals surface area contributed by atoms with Crippen molar-refractivity contribution in [3.63, 3.8) is 0 Å².